The summed E-state index contributed by atoms with van der Waals surface area (Å²) in [5.74, 6) is 1.43. The lowest BCUT2D eigenvalue weighted by molar-refractivity contribution is 0.0812. The number of ether oxygens (including phenoxy) is 2. The summed E-state index contributed by atoms with van der Waals surface area (Å²) in [5, 5.41) is 3.36. The largest absolute Gasteiger partial charge is 0.494 e. The Balaban J connectivity index is 1.68. The fourth-order valence-electron chi connectivity index (χ4n) is 3.33. The Morgan fingerprint density at radius 2 is 1.71 bits per heavy atom. The molecule has 1 aliphatic heterocycles. The molecule has 0 saturated carbocycles. The lowest BCUT2D eigenvalue weighted by atomic mass is 9.91. The third-order valence-corrected chi connectivity index (χ3v) is 5.21. The van der Waals surface area contributed by atoms with Gasteiger partial charge in [0.15, 0.2) is 11.9 Å². The number of hydrogen-bond acceptors (Lipinski definition) is 4. The molecule has 142 valence electrons. The summed E-state index contributed by atoms with van der Waals surface area (Å²) in [6.07, 6.45) is -0.429. The minimum atomic E-state index is -0.533. The van der Waals surface area contributed by atoms with Gasteiger partial charge < -0.3 is 14.8 Å². The number of para-hydroxylation sites is 1. The Hall–Kier alpha value is -2.79. The molecule has 4 rings (SSSR count). The van der Waals surface area contributed by atoms with E-state index in [0.29, 0.717) is 17.9 Å². The Labute approximate surface area is 172 Å². The second kappa shape index (κ2) is 8.07. The van der Waals surface area contributed by atoms with Crippen molar-refractivity contribution in [1.82, 2.24) is 0 Å². The average Bonchev–Trinajstić information content (AvgIpc) is 2.72. The molecule has 3 aromatic carbocycles. The first-order valence-corrected chi connectivity index (χ1v) is 10.00. The van der Waals surface area contributed by atoms with Gasteiger partial charge in [0, 0.05) is 10.2 Å². The van der Waals surface area contributed by atoms with E-state index in [1.54, 1.807) is 0 Å². The van der Waals surface area contributed by atoms with Crippen LogP contribution in [-0.2, 0) is 0 Å². The van der Waals surface area contributed by atoms with E-state index >= 15 is 0 Å². The Bertz CT molecular complexity index is 970. The van der Waals surface area contributed by atoms with Gasteiger partial charge in [-0.3, -0.25) is 4.79 Å². The molecule has 3 aromatic rings. The highest BCUT2D eigenvalue weighted by molar-refractivity contribution is 9.10. The van der Waals surface area contributed by atoms with Gasteiger partial charge in [0.05, 0.1) is 12.2 Å². The molecule has 0 spiro atoms. The van der Waals surface area contributed by atoms with Crippen molar-refractivity contribution in [2.24, 2.45) is 0 Å². The van der Waals surface area contributed by atoms with E-state index in [0.717, 1.165) is 21.5 Å². The van der Waals surface area contributed by atoms with Gasteiger partial charge >= 0.3 is 0 Å². The van der Waals surface area contributed by atoms with E-state index in [1.165, 1.54) is 0 Å². The number of carbonyl (C=O) groups excluding carboxylic acids is 1. The van der Waals surface area contributed by atoms with E-state index in [9.17, 15) is 4.79 Å². The molecule has 2 atom stereocenters. The predicted molar refractivity (Wildman–Crippen MR) is 113 cm³/mol. The van der Waals surface area contributed by atoms with Crippen molar-refractivity contribution < 1.29 is 14.3 Å². The maximum Gasteiger partial charge on any atom is 0.192 e. The van der Waals surface area contributed by atoms with Crippen LogP contribution in [0.25, 0.3) is 0 Å². The van der Waals surface area contributed by atoms with Crippen molar-refractivity contribution in [3.05, 3.63) is 88.4 Å². The molecule has 1 heterocycles. The van der Waals surface area contributed by atoms with Crippen molar-refractivity contribution in [2.45, 2.75) is 19.1 Å². The zero-order chi connectivity index (χ0) is 19.5. The van der Waals surface area contributed by atoms with E-state index in [-0.39, 0.29) is 5.78 Å². The van der Waals surface area contributed by atoms with Crippen molar-refractivity contribution in [2.75, 3.05) is 11.9 Å². The number of hydrogen-bond donors (Lipinski definition) is 1. The predicted octanol–water partition coefficient (Wildman–Crippen LogP) is 5.64. The maximum atomic E-state index is 13.3. The van der Waals surface area contributed by atoms with Gasteiger partial charge in [0.1, 0.15) is 17.5 Å². The smallest absolute Gasteiger partial charge is 0.192 e. The molecule has 2 unspecified atom stereocenters. The third kappa shape index (κ3) is 3.76. The van der Waals surface area contributed by atoms with E-state index in [1.807, 2.05) is 79.7 Å². The molecule has 28 heavy (non-hydrogen) atoms. The molecule has 1 N–H and O–H groups in total. The summed E-state index contributed by atoms with van der Waals surface area (Å²) in [6, 6.07) is 22.3. The molecule has 4 nitrogen and oxygen atoms in total. The Morgan fingerprint density at radius 3 is 2.43 bits per heavy atom. The van der Waals surface area contributed by atoms with Crippen LogP contribution in [0.4, 0.5) is 5.69 Å². The number of halogens is 1. The lowest BCUT2D eigenvalue weighted by Gasteiger charge is -2.34. The second-order valence-electron chi connectivity index (χ2n) is 6.53. The third-order valence-electron chi connectivity index (χ3n) is 4.68. The Morgan fingerprint density at radius 1 is 1.00 bits per heavy atom. The molecule has 0 fully saturated rings. The quantitative estimate of drug-likeness (QED) is 0.560. The Kier molecular flexibility index (Phi) is 5.35. The van der Waals surface area contributed by atoms with Crippen molar-refractivity contribution in [3.63, 3.8) is 0 Å². The normalized spacial score (nSPS) is 18.1. The standard InChI is InChI=1S/C23H20BrNO3/c1-2-27-18-13-11-17(12-14-18)25-21-22(26)19-5-3-4-6-20(19)28-23(21)15-7-9-16(24)10-8-15/h3-14,21,23,25H,2H2,1H3. The number of Topliss-reactive ketones (excluding diaryl/α,β-unsaturated/α-hetero) is 1. The first-order valence-electron chi connectivity index (χ1n) is 9.20. The summed E-state index contributed by atoms with van der Waals surface area (Å²) < 4.78 is 12.7. The summed E-state index contributed by atoms with van der Waals surface area (Å²) in [5.41, 5.74) is 2.38. The number of benzene rings is 3. The molecule has 0 saturated heterocycles. The number of anilines is 1. The average molecular weight is 438 g/mol. The second-order valence-corrected chi connectivity index (χ2v) is 7.45. The highest BCUT2D eigenvalue weighted by Crippen LogP contribution is 2.37. The van der Waals surface area contributed by atoms with Crippen LogP contribution in [0, 0.1) is 0 Å². The number of carbonyl (C=O) groups is 1. The van der Waals surface area contributed by atoms with Crippen LogP contribution in [0.15, 0.2) is 77.3 Å². The summed E-state index contributed by atoms with van der Waals surface area (Å²) >= 11 is 3.46. The fourth-order valence-corrected chi connectivity index (χ4v) is 3.59. The molecule has 0 radical (unpaired) electrons. The molecular weight excluding hydrogens is 418 g/mol. The summed E-state index contributed by atoms with van der Waals surface area (Å²) in [4.78, 5) is 13.3. The van der Waals surface area contributed by atoms with E-state index in [4.69, 9.17) is 9.47 Å². The van der Waals surface area contributed by atoms with Gasteiger partial charge in [-0.1, -0.05) is 40.2 Å². The first kappa shape index (κ1) is 18.6. The molecule has 0 aromatic heterocycles. The lowest BCUT2D eigenvalue weighted by Crippen LogP contribution is -2.42. The highest BCUT2D eigenvalue weighted by atomic mass is 79.9. The van der Waals surface area contributed by atoms with Crippen molar-refractivity contribution in [3.8, 4) is 11.5 Å². The van der Waals surface area contributed by atoms with E-state index in [2.05, 4.69) is 21.2 Å². The number of ketones is 1. The van der Waals surface area contributed by atoms with Gasteiger partial charge in [-0.25, -0.2) is 0 Å². The van der Waals surface area contributed by atoms with Crippen molar-refractivity contribution in [1.29, 1.82) is 0 Å². The zero-order valence-corrected chi connectivity index (χ0v) is 17.0. The van der Waals surface area contributed by atoms with Gasteiger partial charge in [-0.05, 0) is 61.0 Å². The minimum absolute atomic E-state index is 0.0173. The van der Waals surface area contributed by atoms with Crippen LogP contribution >= 0.6 is 15.9 Å². The first-order chi connectivity index (χ1) is 13.7. The number of rotatable bonds is 5. The van der Waals surface area contributed by atoms with Gasteiger partial charge in [-0.2, -0.15) is 0 Å². The van der Waals surface area contributed by atoms with Gasteiger partial charge in [0.25, 0.3) is 0 Å². The zero-order valence-electron chi connectivity index (χ0n) is 15.4. The number of nitrogens with one attached hydrogen (secondary N) is 1. The minimum Gasteiger partial charge on any atom is -0.494 e. The fraction of sp³-hybridized carbons (Fsp3) is 0.174. The molecular formula is C23H20BrNO3. The van der Waals surface area contributed by atoms with Crippen LogP contribution in [0.1, 0.15) is 28.9 Å². The topological polar surface area (TPSA) is 47.6 Å². The van der Waals surface area contributed by atoms with E-state index < -0.39 is 12.1 Å². The monoisotopic (exact) mass is 437 g/mol. The summed E-state index contributed by atoms with van der Waals surface area (Å²) in [7, 11) is 0. The van der Waals surface area contributed by atoms with Gasteiger partial charge in [-0.15, -0.1) is 0 Å². The summed E-state index contributed by atoms with van der Waals surface area (Å²) in [6.45, 7) is 2.56. The highest BCUT2D eigenvalue weighted by Gasteiger charge is 2.38. The van der Waals surface area contributed by atoms with Crippen LogP contribution in [0.3, 0.4) is 0 Å². The van der Waals surface area contributed by atoms with Crippen LogP contribution in [-0.4, -0.2) is 18.4 Å². The molecule has 1 aliphatic rings. The van der Waals surface area contributed by atoms with Crippen molar-refractivity contribution >= 4 is 27.4 Å². The molecule has 0 amide bonds. The van der Waals surface area contributed by atoms with Crippen LogP contribution < -0.4 is 14.8 Å². The molecule has 0 bridgehead atoms. The SMILES string of the molecule is CCOc1ccc(NC2C(=O)c3ccccc3OC2c2ccc(Br)cc2)cc1. The van der Waals surface area contributed by atoms with Gasteiger partial charge in [0.2, 0.25) is 0 Å². The van der Waals surface area contributed by atoms with Crippen LogP contribution in [0.2, 0.25) is 0 Å². The maximum absolute atomic E-state index is 13.3. The van der Waals surface area contributed by atoms with Crippen LogP contribution in [0.5, 0.6) is 11.5 Å². The molecule has 5 heteroatoms. The number of fused-ring (bicyclic) bond motifs is 1. The molecule has 0 aliphatic carbocycles.